The Kier molecular flexibility index (Phi) is 7.28. The van der Waals surface area contributed by atoms with Crippen molar-refractivity contribution in [1.82, 2.24) is 14.5 Å². The van der Waals surface area contributed by atoms with Crippen LogP contribution in [0.4, 0.5) is 0 Å². The van der Waals surface area contributed by atoms with Crippen LogP contribution in [0.2, 0.25) is 0 Å². The fraction of sp³-hybridized carbons (Fsp3) is 0.632. The van der Waals surface area contributed by atoms with Gasteiger partial charge >= 0.3 is 0 Å². The number of sulfonamides is 1. The van der Waals surface area contributed by atoms with Gasteiger partial charge in [-0.1, -0.05) is 24.3 Å². The third-order valence-electron chi connectivity index (χ3n) is 5.02. The first-order valence-electron chi connectivity index (χ1n) is 9.83. The molecule has 2 saturated heterocycles. The summed E-state index contributed by atoms with van der Waals surface area (Å²) < 4.78 is 32.3. The van der Waals surface area contributed by atoms with E-state index < -0.39 is 10.0 Å². The number of aliphatic imine (C=N–C) groups is 1. The molecule has 0 unspecified atom stereocenters. The van der Waals surface area contributed by atoms with Gasteiger partial charge in [-0.2, -0.15) is 4.31 Å². The van der Waals surface area contributed by atoms with Crippen LogP contribution in [-0.4, -0.2) is 80.7 Å². The molecule has 0 amide bonds. The molecule has 1 atom stereocenters. The Morgan fingerprint density at radius 2 is 1.96 bits per heavy atom. The Morgan fingerprint density at radius 1 is 1.25 bits per heavy atom. The Morgan fingerprint density at radius 3 is 2.61 bits per heavy atom. The summed E-state index contributed by atoms with van der Waals surface area (Å²) in [6.07, 6.45) is 0.411. The summed E-state index contributed by atoms with van der Waals surface area (Å²) in [5.41, 5.74) is 1.67. The predicted molar refractivity (Wildman–Crippen MR) is 108 cm³/mol. The number of aliphatic hydroxyl groups is 1. The minimum absolute atomic E-state index is 0.0301. The highest BCUT2D eigenvalue weighted by atomic mass is 32.2. The van der Waals surface area contributed by atoms with Crippen LogP contribution < -0.4 is 5.32 Å². The SMILES string of the molecule is CCNC(=NCc1ccccc1CS(=O)(=O)N1CCOCC1)N1CC[C@@H](O)C1. The van der Waals surface area contributed by atoms with E-state index in [1.807, 2.05) is 36.1 Å². The fourth-order valence-electron chi connectivity index (χ4n) is 3.49. The molecule has 2 aliphatic heterocycles. The lowest BCUT2D eigenvalue weighted by atomic mass is 10.1. The van der Waals surface area contributed by atoms with Gasteiger partial charge in [0.2, 0.25) is 10.0 Å². The number of hydrogen-bond donors (Lipinski definition) is 2. The average Bonchev–Trinajstić information content (AvgIpc) is 3.13. The number of ether oxygens (including phenoxy) is 1. The predicted octanol–water partition coefficient (Wildman–Crippen LogP) is 0.381. The molecule has 8 nitrogen and oxygen atoms in total. The zero-order chi connectivity index (χ0) is 20.0. The van der Waals surface area contributed by atoms with E-state index in [1.165, 1.54) is 4.31 Å². The van der Waals surface area contributed by atoms with Gasteiger partial charge in [0.15, 0.2) is 5.96 Å². The first kappa shape index (κ1) is 21.0. The quantitative estimate of drug-likeness (QED) is 0.520. The highest BCUT2D eigenvalue weighted by molar-refractivity contribution is 7.88. The molecule has 0 saturated carbocycles. The molecule has 9 heteroatoms. The largest absolute Gasteiger partial charge is 0.391 e. The molecule has 1 aromatic carbocycles. The second-order valence-corrected chi connectivity index (χ2v) is 9.06. The molecule has 0 bridgehead atoms. The van der Waals surface area contributed by atoms with E-state index in [1.54, 1.807) is 0 Å². The number of likely N-dealkylation sites (tertiary alicyclic amines) is 1. The van der Waals surface area contributed by atoms with Gasteiger partial charge in [-0.3, -0.25) is 0 Å². The van der Waals surface area contributed by atoms with Gasteiger partial charge in [0.1, 0.15) is 0 Å². The number of benzene rings is 1. The minimum atomic E-state index is -3.38. The first-order valence-corrected chi connectivity index (χ1v) is 11.4. The third kappa shape index (κ3) is 5.44. The molecule has 1 aromatic rings. The monoisotopic (exact) mass is 410 g/mol. The summed E-state index contributed by atoms with van der Waals surface area (Å²) in [5, 5.41) is 13.1. The smallest absolute Gasteiger partial charge is 0.218 e. The molecule has 156 valence electrons. The molecule has 2 N–H and O–H groups in total. The van der Waals surface area contributed by atoms with Crippen molar-refractivity contribution in [3.05, 3.63) is 35.4 Å². The second kappa shape index (κ2) is 9.69. The van der Waals surface area contributed by atoms with Gasteiger partial charge in [0, 0.05) is 32.7 Å². The van der Waals surface area contributed by atoms with Crippen molar-refractivity contribution < 1.29 is 18.3 Å². The molecule has 2 aliphatic rings. The van der Waals surface area contributed by atoms with Crippen LogP contribution in [0.1, 0.15) is 24.5 Å². The molecule has 0 spiro atoms. The zero-order valence-corrected chi connectivity index (χ0v) is 17.2. The summed E-state index contributed by atoms with van der Waals surface area (Å²) in [5.74, 6) is 0.724. The number of nitrogens with one attached hydrogen (secondary N) is 1. The maximum Gasteiger partial charge on any atom is 0.218 e. The zero-order valence-electron chi connectivity index (χ0n) is 16.4. The lowest BCUT2D eigenvalue weighted by Crippen LogP contribution is -2.41. The van der Waals surface area contributed by atoms with Crippen molar-refractivity contribution in [2.45, 2.75) is 31.7 Å². The van der Waals surface area contributed by atoms with E-state index in [4.69, 9.17) is 9.73 Å². The van der Waals surface area contributed by atoms with E-state index in [9.17, 15) is 13.5 Å². The van der Waals surface area contributed by atoms with Crippen molar-refractivity contribution in [2.75, 3.05) is 45.9 Å². The second-order valence-electron chi connectivity index (χ2n) is 7.10. The normalized spacial score (nSPS) is 21.9. The van der Waals surface area contributed by atoms with Crippen molar-refractivity contribution in [3.8, 4) is 0 Å². The fourth-order valence-corrected chi connectivity index (χ4v) is 5.05. The number of guanidine groups is 1. The molecule has 3 rings (SSSR count). The Labute approximate surface area is 167 Å². The van der Waals surface area contributed by atoms with Crippen LogP contribution in [0.3, 0.4) is 0 Å². The molecule has 2 fully saturated rings. The minimum Gasteiger partial charge on any atom is -0.391 e. The van der Waals surface area contributed by atoms with E-state index in [0.29, 0.717) is 39.4 Å². The topological polar surface area (TPSA) is 94.5 Å². The highest BCUT2D eigenvalue weighted by Crippen LogP contribution is 2.18. The maximum absolute atomic E-state index is 12.8. The van der Waals surface area contributed by atoms with Crippen LogP contribution in [0.5, 0.6) is 0 Å². The molecule has 28 heavy (non-hydrogen) atoms. The van der Waals surface area contributed by atoms with Crippen molar-refractivity contribution in [3.63, 3.8) is 0 Å². The van der Waals surface area contributed by atoms with E-state index in [2.05, 4.69) is 5.32 Å². The van der Waals surface area contributed by atoms with Gasteiger partial charge in [0.25, 0.3) is 0 Å². The first-order chi connectivity index (χ1) is 13.5. The van der Waals surface area contributed by atoms with Crippen LogP contribution in [0.25, 0.3) is 0 Å². The maximum atomic E-state index is 12.8. The van der Waals surface area contributed by atoms with Crippen LogP contribution in [-0.2, 0) is 27.1 Å². The summed E-state index contributed by atoms with van der Waals surface area (Å²) in [7, 11) is -3.38. The molecular formula is C19H30N4O4S. The summed E-state index contributed by atoms with van der Waals surface area (Å²) in [6, 6.07) is 7.55. The van der Waals surface area contributed by atoms with E-state index >= 15 is 0 Å². The van der Waals surface area contributed by atoms with E-state index in [0.717, 1.165) is 36.6 Å². The van der Waals surface area contributed by atoms with Crippen molar-refractivity contribution in [1.29, 1.82) is 0 Å². The molecule has 0 aliphatic carbocycles. The number of nitrogens with zero attached hydrogens (tertiary/aromatic N) is 3. The molecule has 0 aromatic heterocycles. The van der Waals surface area contributed by atoms with Gasteiger partial charge in [-0.25, -0.2) is 13.4 Å². The Bertz CT molecular complexity index is 778. The number of β-amino-alcohol motifs (C(OH)–C–C–N with tert-alkyl or cyclic N) is 1. The van der Waals surface area contributed by atoms with Gasteiger partial charge in [-0.05, 0) is 24.5 Å². The van der Waals surface area contributed by atoms with Crippen molar-refractivity contribution >= 4 is 16.0 Å². The summed E-state index contributed by atoms with van der Waals surface area (Å²) in [6.45, 7) is 6.17. The van der Waals surface area contributed by atoms with E-state index in [-0.39, 0.29) is 11.9 Å². The van der Waals surface area contributed by atoms with Crippen LogP contribution in [0.15, 0.2) is 29.3 Å². The number of hydrogen-bond acceptors (Lipinski definition) is 5. The van der Waals surface area contributed by atoms with Gasteiger partial charge < -0.3 is 20.1 Å². The standard InChI is InChI=1S/C19H30N4O4S/c1-2-20-19(22-8-7-18(24)14-22)21-13-16-5-3-4-6-17(16)15-28(25,26)23-9-11-27-12-10-23/h3-6,18,24H,2,7-15H2,1H3,(H,20,21)/t18-/m1/s1. The average molecular weight is 411 g/mol. The summed E-state index contributed by atoms with van der Waals surface area (Å²) in [4.78, 5) is 6.74. The van der Waals surface area contributed by atoms with Crippen LogP contribution >= 0.6 is 0 Å². The van der Waals surface area contributed by atoms with Crippen LogP contribution in [0, 0.1) is 0 Å². The number of rotatable bonds is 6. The number of aliphatic hydroxyl groups excluding tert-OH is 1. The summed E-state index contributed by atoms with van der Waals surface area (Å²) >= 11 is 0. The Balaban J connectivity index is 1.74. The van der Waals surface area contributed by atoms with Gasteiger partial charge in [0.05, 0.1) is 31.6 Å². The highest BCUT2D eigenvalue weighted by Gasteiger charge is 2.26. The number of morpholine rings is 1. The Hall–Kier alpha value is -1.68. The molecule has 2 heterocycles. The third-order valence-corrected chi connectivity index (χ3v) is 6.84. The van der Waals surface area contributed by atoms with Crippen molar-refractivity contribution in [2.24, 2.45) is 4.99 Å². The van der Waals surface area contributed by atoms with Gasteiger partial charge in [-0.15, -0.1) is 0 Å². The lowest BCUT2D eigenvalue weighted by Gasteiger charge is -2.26. The molecular weight excluding hydrogens is 380 g/mol. The molecule has 0 radical (unpaired) electrons. The lowest BCUT2D eigenvalue weighted by molar-refractivity contribution is 0.0729.